The minimum Gasteiger partial charge on any atom is -0.345 e. The van der Waals surface area contributed by atoms with E-state index in [-0.39, 0.29) is 6.04 Å². The molecule has 1 aliphatic heterocycles. The zero-order chi connectivity index (χ0) is 19.6. The molecule has 1 fully saturated rings. The summed E-state index contributed by atoms with van der Waals surface area (Å²) in [5.74, 6) is 0.967. The number of aromatic nitrogens is 5. The summed E-state index contributed by atoms with van der Waals surface area (Å²) < 4.78 is 3.21. The molecule has 1 aromatic carbocycles. The van der Waals surface area contributed by atoms with Crippen molar-refractivity contribution in [3.63, 3.8) is 0 Å². The van der Waals surface area contributed by atoms with E-state index in [2.05, 4.69) is 74.0 Å². The van der Waals surface area contributed by atoms with Crippen LogP contribution in [0.1, 0.15) is 30.1 Å². The number of fused-ring (bicyclic) bond motifs is 1. The average Bonchev–Trinajstić information content (AvgIpc) is 3.51. The molecule has 0 N–H and O–H groups in total. The molecule has 0 spiro atoms. The van der Waals surface area contributed by atoms with Gasteiger partial charge in [-0.2, -0.15) is 0 Å². The fourth-order valence-electron chi connectivity index (χ4n) is 3.94. The van der Waals surface area contributed by atoms with Gasteiger partial charge in [0.25, 0.3) is 0 Å². The number of nitrogens with zero attached hydrogens (tertiary/aromatic N) is 7. The average molecular weight is 426 g/mol. The molecule has 0 unspecified atom stereocenters. The van der Waals surface area contributed by atoms with E-state index in [0.29, 0.717) is 0 Å². The molecule has 1 aliphatic rings. The summed E-state index contributed by atoms with van der Waals surface area (Å²) in [6, 6.07) is 12.8. The van der Waals surface area contributed by atoms with Gasteiger partial charge in [-0.3, -0.25) is 4.90 Å². The molecule has 150 valence electrons. The topological polar surface area (TPSA) is 63.0 Å². The van der Waals surface area contributed by atoms with E-state index >= 15 is 0 Å². The zero-order valence-corrected chi connectivity index (χ0v) is 17.9. The van der Waals surface area contributed by atoms with Gasteiger partial charge < -0.3 is 4.90 Å². The van der Waals surface area contributed by atoms with Gasteiger partial charge in [-0.15, -0.1) is 16.4 Å². The van der Waals surface area contributed by atoms with Crippen LogP contribution >= 0.6 is 22.7 Å². The number of piperazine rings is 1. The molecule has 1 saturated heterocycles. The normalized spacial score (nSPS) is 16.5. The van der Waals surface area contributed by atoms with Gasteiger partial charge in [0, 0.05) is 31.1 Å². The molecule has 0 saturated carbocycles. The summed E-state index contributed by atoms with van der Waals surface area (Å²) in [5, 5.41) is 15.8. The number of thiazole rings is 1. The number of tetrazole rings is 1. The van der Waals surface area contributed by atoms with Crippen LogP contribution in [0.2, 0.25) is 0 Å². The lowest BCUT2D eigenvalue weighted by Gasteiger charge is -2.38. The third-order valence-corrected chi connectivity index (χ3v) is 7.40. The van der Waals surface area contributed by atoms with Crippen molar-refractivity contribution in [1.82, 2.24) is 30.1 Å². The lowest BCUT2D eigenvalue weighted by molar-refractivity contribution is 0.169. The van der Waals surface area contributed by atoms with Crippen molar-refractivity contribution >= 4 is 38.0 Å². The van der Waals surface area contributed by atoms with Gasteiger partial charge in [-0.25, -0.2) is 9.67 Å². The second-order valence-corrected chi connectivity index (χ2v) is 9.23. The van der Waals surface area contributed by atoms with E-state index in [0.717, 1.165) is 55.6 Å². The molecule has 7 nitrogen and oxygen atoms in total. The van der Waals surface area contributed by atoms with Crippen molar-refractivity contribution in [2.24, 2.45) is 0 Å². The maximum atomic E-state index is 4.82. The summed E-state index contributed by atoms with van der Waals surface area (Å²) in [5.41, 5.74) is 1.09. The fourth-order valence-corrected chi connectivity index (χ4v) is 5.64. The predicted octanol–water partition coefficient (Wildman–Crippen LogP) is 3.67. The fraction of sp³-hybridized carbons (Fsp3) is 0.400. The predicted molar refractivity (Wildman–Crippen MR) is 118 cm³/mol. The largest absolute Gasteiger partial charge is 0.345 e. The Labute approximate surface area is 177 Å². The maximum Gasteiger partial charge on any atom is 0.186 e. The number of para-hydroxylation sites is 1. The van der Waals surface area contributed by atoms with Crippen molar-refractivity contribution in [2.75, 3.05) is 31.1 Å². The molecule has 4 aromatic rings. The lowest BCUT2D eigenvalue weighted by Crippen LogP contribution is -2.48. The summed E-state index contributed by atoms with van der Waals surface area (Å²) in [6.45, 7) is 6.88. The molecule has 0 amide bonds. The first-order valence-corrected chi connectivity index (χ1v) is 11.6. The first-order valence-electron chi connectivity index (χ1n) is 9.95. The molecular formula is C20H23N7S2. The Morgan fingerprint density at radius 3 is 2.69 bits per heavy atom. The highest BCUT2D eigenvalue weighted by atomic mass is 32.1. The summed E-state index contributed by atoms with van der Waals surface area (Å²) in [6.07, 6.45) is 0.992. The molecule has 3 aromatic heterocycles. The highest BCUT2D eigenvalue weighted by Crippen LogP contribution is 2.31. The van der Waals surface area contributed by atoms with Crippen LogP contribution in [0.15, 0.2) is 41.8 Å². The van der Waals surface area contributed by atoms with Crippen LogP contribution in [0.4, 0.5) is 5.13 Å². The van der Waals surface area contributed by atoms with Crippen LogP contribution in [0.25, 0.3) is 10.2 Å². The monoisotopic (exact) mass is 425 g/mol. The molecule has 4 heterocycles. The Morgan fingerprint density at radius 2 is 1.93 bits per heavy atom. The number of thiophene rings is 1. The number of benzene rings is 1. The molecular weight excluding hydrogens is 402 g/mol. The number of rotatable bonds is 6. The Hall–Kier alpha value is -2.36. The SMILES string of the molecule is CC[C@H](c1nnnn1Cc1cccs1)N1CCN(c2nc3ccccc3s2)CC1. The summed E-state index contributed by atoms with van der Waals surface area (Å²) in [7, 11) is 0. The molecule has 9 heteroatoms. The van der Waals surface area contributed by atoms with Crippen molar-refractivity contribution < 1.29 is 0 Å². The molecule has 0 bridgehead atoms. The van der Waals surface area contributed by atoms with Gasteiger partial charge in [-0.05, 0) is 40.4 Å². The minimum absolute atomic E-state index is 0.238. The van der Waals surface area contributed by atoms with Crippen LogP contribution < -0.4 is 4.90 Å². The quantitative estimate of drug-likeness (QED) is 0.470. The molecule has 0 radical (unpaired) electrons. The van der Waals surface area contributed by atoms with E-state index in [4.69, 9.17) is 4.98 Å². The first-order chi connectivity index (χ1) is 14.3. The third kappa shape index (κ3) is 3.77. The highest BCUT2D eigenvalue weighted by Gasteiger charge is 2.29. The second kappa shape index (κ2) is 8.17. The van der Waals surface area contributed by atoms with E-state index in [1.54, 1.807) is 22.7 Å². The van der Waals surface area contributed by atoms with Crippen molar-refractivity contribution in [1.29, 1.82) is 0 Å². The minimum atomic E-state index is 0.238. The number of anilines is 1. The number of hydrogen-bond donors (Lipinski definition) is 0. The molecule has 29 heavy (non-hydrogen) atoms. The molecule has 1 atom stereocenters. The first kappa shape index (κ1) is 18.7. The standard InChI is InChI=1S/C20H23N7S2/c1-2-17(19-22-23-24-27(19)14-15-6-5-13-28-15)25-9-11-26(12-10-25)20-21-16-7-3-4-8-18(16)29-20/h3-8,13,17H,2,9-12,14H2,1H3/t17-/m1/s1. The van der Waals surface area contributed by atoms with Crippen LogP contribution in [0, 0.1) is 0 Å². The van der Waals surface area contributed by atoms with Crippen LogP contribution in [0.5, 0.6) is 0 Å². The van der Waals surface area contributed by atoms with Gasteiger partial charge in [0.15, 0.2) is 11.0 Å². The van der Waals surface area contributed by atoms with Gasteiger partial charge in [0.05, 0.1) is 22.8 Å². The Balaban J connectivity index is 1.29. The van der Waals surface area contributed by atoms with Crippen LogP contribution in [-0.2, 0) is 6.54 Å². The Morgan fingerprint density at radius 1 is 1.07 bits per heavy atom. The van der Waals surface area contributed by atoms with Crippen LogP contribution in [-0.4, -0.2) is 56.3 Å². The van der Waals surface area contributed by atoms with E-state index < -0.39 is 0 Å². The van der Waals surface area contributed by atoms with Crippen LogP contribution in [0.3, 0.4) is 0 Å². The van der Waals surface area contributed by atoms with E-state index in [1.165, 1.54) is 9.58 Å². The highest BCUT2D eigenvalue weighted by molar-refractivity contribution is 7.22. The van der Waals surface area contributed by atoms with Gasteiger partial charge in [0.1, 0.15) is 0 Å². The summed E-state index contributed by atoms with van der Waals surface area (Å²) >= 11 is 3.52. The Kier molecular flexibility index (Phi) is 5.26. The van der Waals surface area contributed by atoms with E-state index in [1.807, 2.05) is 4.68 Å². The Bertz CT molecular complexity index is 1030. The second-order valence-electron chi connectivity index (χ2n) is 7.19. The van der Waals surface area contributed by atoms with Gasteiger partial charge in [-0.1, -0.05) is 36.5 Å². The molecule has 5 rings (SSSR count). The maximum absolute atomic E-state index is 4.82. The van der Waals surface area contributed by atoms with Gasteiger partial charge >= 0.3 is 0 Å². The van der Waals surface area contributed by atoms with E-state index in [9.17, 15) is 0 Å². The van der Waals surface area contributed by atoms with Crippen molar-refractivity contribution in [3.05, 3.63) is 52.5 Å². The zero-order valence-electron chi connectivity index (χ0n) is 16.3. The smallest absolute Gasteiger partial charge is 0.186 e. The third-order valence-electron chi connectivity index (χ3n) is 5.44. The number of hydrogen-bond acceptors (Lipinski definition) is 8. The summed E-state index contributed by atoms with van der Waals surface area (Å²) in [4.78, 5) is 11.0. The van der Waals surface area contributed by atoms with Crippen molar-refractivity contribution in [3.8, 4) is 0 Å². The van der Waals surface area contributed by atoms with Gasteiger partial charge in [0.2, 0.25) is 0 Å². The molecule has 0 aliphatic carbocycles. The lowest BCUT2D eigenvalue weighted by atomic mass is 10.1. The van der Waals surface area contributed by atoms with Crippen molar-refractivity contribution in [2.45, 2.75) is 25.9 Å².